The molecule has 1 aliphatic rings. The van der Waals surface area contributed by atoms with E-state index in [1.807, 2.05) is 31.2 Å². The van der Waals surface area contributed by atoms with Crippen LogP contribution in [0.3, 0.4) is 0 Å². The standard InChI is InChI=1S/C24H30FNO3/c1-4-17(2)26-23(27)24(10-12-29-13-11-24)16-18-6-5-7-19(14-18)21-15-20(25)8-9-22(21)28-3/h5-9,14-15,17H,4,10-13,16H2,1-3H3,(H,26,27)/t17-/m0/s1. The van der Waals surface area contributed by atoms with Crippen LogP contribution in [0.4, 0.5) is 4.39 Å². The van der Waals surface area contributed by atoms with Crippen LogP contribution >= 0.6 is 0 Å². The molecule has 1 aliphatic heterocycles. The molecule has 0 bridgehead atoms. The van der Waals surface area contributed by atoms with Gasteiger partial charge in [0.05, 0.1) is 12.5 Å². The third-order valence-corrected chi connectivity index (χ3v) is 5.86. The predicted octanol–water partition coefficient (Wildman–Crippen LogP) is 4.76. The molecule has 4 nitrogen and oxygen atoms in total. The quantitative estimate of drug-likeness (QED) is 0.731. The van der Waals surface area contributed by atoms with Gasteiger partial charge < -0.3 is 14.8 Å². The van der Waals surface area contributed by atoms with E-state index in [9.17, 15) is 9.18 Å². The number of ether oxygens (including phenoxy) is 2. The van der Waals surface area contributed by atoms with Gasteiger partial charge in [-0.05, 0) is 61.9 Å². The first-order valence-electron chi connectivity index (χ1n) is 10.3. The minimum atomic E-state index is -0.480. The number of halogens is 1. The number of methoxy groups -OCH3 is 1. The van der Waals surface area contributed by atoms with Gasteiger partial charge in [0.2, 0.25) is 5.91 Å². The Morgan fingerprint density at radius 2 is 2.00 bits per heavy atom. The van der Waals surface area contributed by atoms with Crippen molar-refractivity contribution in [1.82, 2.24) is 5.32 Å². The molecule has 0 aliphatic carbocycles. The van der Waals surface area contributed by atoms with Crippen molar-refractivity contribution in [2.75, 3.05) is 20.3 Å². The topological polar surface area (TPSA) is 47.6 Å². The first-order valence-corrected chi connectivity index (χ1v) is 10.3. The fourth-order valence-electron chi connectivity index (χ4n) is 3.87. The van der Waals surface area contributed by atoms with Crippen LogP contribution in [0.5, 0.6) is 5.75 Å². The number of hydrogen-bond donors (Lipinski definition) is 1. The van der Waals surface area contributed by atoms with Crippen LogP contribution in [-0.2, 0) is 16.0 Å². The summed E-state index contributed by atoms with van der Waals surface area (Å²) in [6.07, 6.45) is 2.92. The molecule has 3 rings (SSSR count). The van der Waals surface area contributed by atoms with E-state index < -0.39 is 5.41 Å². The number of nitrogens with one attached hydrogen (secondary N) is 1. The molecule has 1 saturated heterocycles. The van der Waals surface area contributed by atoms with Gasteiger partial charge in [-0.15, -0.1) is 0 Å². The van der Waals surface area contributed by atoms with E-state index >= 15 is 0 Å². The lowest BCUT2D eigenvalue weighted by Gasteiger charge is -2.37. The highest BCUT2D eigenvalue weighted by Gasteiger charge is 2.40. The molecule has 0 radical (unpaired) electrons. The van der Waals surface area contributed by atoms with Crippen LogP contribution in [0, 0.1) is 11.2 Å². The Morgan fingerprint density at radius 3 is 2.69 bits per heavy atom. The summed E-state index contributed by atoms with van der Waals surface area (Å²) >= 11 is 0. The Bertz CT molecular complexity index is 846. The molecule has 0 aromatic heterocycles. The summed E-state index contributed by atoms with van der Waals surface area (Å²) in [5, 5.41) is 3.17. The molecule has 1 atom stereocenters. The van der Waals surface area contributed by atoms with E-state index in [0.717, 1.165) is 17.5 Å². The lowest BCUT2D eigenvalue weighted by atomic mass is 9.74. The first-order chi connectivity index (χ1) is 14.0. The Hall–Kier alpha value is -2.40. The second-order valence-electron chi connectivity index (χ2n) is 7.90. The van der Waals surface area contributed by atoms with Gasteiger partial charge in [-0.3, -0.25) is 4.79 Å². The molecule has 2 aromatic carbocycles. The first kappa shape index (κ1) is 21.3. The highest BCUT2D eigenvalue weighted by Crippen LogP contribution is 2.37. The van der Waals surface area contributed by atoms with Gasteiger partial charge in [0, 0.05) is 24.8 Å². The van der Waals surface area contributed by atoms with Crippen LogP contribution in [-0.4, -0.2) is 32.3 Å². The van der Waals surface area contributed by atoms with Crippen molar-refractivity contribution in [2.24, 2.45) is 5.41 Å². The summed E-state index contributed by atoms with van der Waals surface area (Å²) in [5.41, 5.74) is 2.16. The van der Waals surface area contributed by atoms with Crippen molar-refractivity contribution >= 4 is 5.91 Å². The highest BCUT2D eigenvalue weighted by molar-refractivity contribution is 5.83. The van der Waals surface area contributed by atoms with Crippen LogP contribution in [0.25, 0.3) is 11.1 Å². The number of rotatable bonds is 7. The minimum Gasteiger partial charge on any atom is -0.496 e. The molecule has 1 N–H and O–H groups in total. The summed E-state index contributed by atoms with van der Waals surface area (Å²) in [6.45, 7) is 5.27. The molecule has 1 fully saturated rings. The zero-order valence-corrected chi connectivity index (χ0v) is 17.5. The second-order valence-corrected chi connectivity index (χ2v) is 7.90. The van der Waals surface area contributed by atoms with Gasteiger partial charge in [0.1, 0.15) is 11.6 Å². The Labute approximate surface area is 172 Å². The van der Waals surface area contributed by atoms with Gasteiger partial charge >= 0.3 is 0 Å². The third-order valence-electron chi connectivity index (χ3n) is 5.86. The van der Waals surface area contributed by atoms with Crippen LogP contribution in [0.1, 0.15) is 38.7 Å². The smallest absolute Gasteiger partial charge is 0.226 e. The van der Waals surface area contributed by atoms with Gasteiger partial charge in [-0.2, -0.15) is 0 Å². The average Bonchev–Trinajstić information content (AvgIpc) is 2.74. The molecule has 156 valence electrons. The summed E-state index contributed by atoms with van der Waals surface area (Å²) < 4.78 is 24.8. The molecular formula is C24H30FNO3. The summed E-state index contributed by atoms with van der Waals surface area (Å²) in [7, 11) is 1.58. The number of carbonyl (C=O) groups excluding carboxylic acids is 1. The van der Waals surface area contributed by atoms with Gasteiger partial charge in [0.15, 0.2) is 0 Å². The fraction of sp³-hybridized carbons (Fsp3) is 0.458. The maximum Gasteiger partial charge on any atom is 0.226 e. The predicted molar refractivity (Wildman–Crippen MR) is 112 cm³/mol. The van der Waals surface area contributed by atoms with E-state index in [4.69, 9.17) is 9.47 Å². The number of hydrogen-bond acceptors (Lipinski definition) is 3. The average molecular weight is 400 g/mol. The molecule has 0 spiro atoms. The summed E-state index contributed by atoms with van der Waals surface area (Å²) in [4.78, 5) is 13.2. The van der Waals surface area contributed by atoms with E-state index in [2.05, 4.69) is 12.2 Å². The van der Waals surface area contributed by atoms with Crippen molar-refractivity contribution in [2.45, 2.75) is 45.6 Å². The number of carbonyl (C=O) groups is 1. The molecule has 0 unspecified atom stereocenters. The monoisotopic (exact) mass is 399 g/mol. The normalized spacial score (nSPS) is 16.8. The summed E-state index contributed by atoms with van der Waals surface area (Å²) in [5.74, 6) is 0.419. The van der Waals surface area contributed by atoms with E-state index in [0.29, 0.717) is 43.8 Å². The summed E-state index contributed by atoms with van der Waals surface area (Å²) in [6, 6.07) is 12.6. The number of benzene rings is 2. The molecule has 1 heterocycles. The lowest BCUT2D eigenvalue weighted by molar-refractivity contribution is -0.137. The van der Waals surface area contributed by atoms with Crippen molar-refractivity contribution in [1.29, 1.82) is 0 Å². The molecular weight excluding hydrogens is 369 g/mol. The largest absolute Gasteiger partial charge is 0.496 e. The zero-order chi connectivity index (χ0) is 20.9. The Kier molecular flexibility index (Phi) is 6.91. The van der Waals surface area contributed by atoms with E-state index in [1.165, 1.54) is 12.1 Å². The van der Waals surface area contributed by atoms with Crippen molar-refractivity contribution < 1.29 is 18.7 Å². The van der Waals surface area contributed by atoms with Gasteiger partial charge in [-0.1, -0.05) is 31.2 Å². The Morgan fingerprint density at radius 1 is 1.24 bits per heavy atom. The van der Waals surface area contributed by atoms with Crippen molar-refractivity contribution in [3.05, 3.63) is 53.8 Å². The van der Waals surface area contributed by atoms with Crippen LogP contribution < -0.4 is 10.1 Å². The van der Waals surface area contributed by atoms with Crippen LogP contribution in [0.15, 0.2) is 42.5 Å². The third kappa shape index (κ3) is 4.96. The molecule has 0 saturated carbocycles. The van der Waals surface area contributed by atoms with Crippen molar-refractivity contribution in [3.8, 4) is 16.9 Å². The highest BCUT2D eigenvalue weighted by atomic mass is 19.1. The second kappa shape index (κ2) is 9.40. The van der Waals surface area contributed by atoms with Crippen LogP contribution in [0.2, 0.25) is 0 Å². The molecule has 5 heteroatoms. The van der Waals surface area contributed by atoms with Gasteiger partial charge in [0.25, 0.3) is 0 Å². The number of amides is 1. The molecule has 2 aromatic rings. The van der Waals surface area contributed by atoms with E-state index in [-0.39, 0.29) is 17.8 Å². The maximum atomic E-state index is 13.8. The fourth-order valence-corrected chi connectivity index (χ4v) is 3.87. The maximum absolute atomic E-state index is 13.8. The minimum absolute atomic E-state index is 0.101. The van der Waals surface area contributed by atoms with Crippen molar-refractivity contribution in [3.63, 3.8) is 0 Å². The van der Waals surface area contributed by atoms with Gasteiger partial charge in [-0.25, -0.2) is 4.39 Å². The molecule has 29 heavy (non-hydrogen) atoms. The molecule has 1 amide bonds. The van der Waals surface area contributed by atoms with E-state index in [1.54, 1.807) is 13.2 Å². The zero-order valence-electron chi connectivity index (χ0n) is 17.5. The lowest BCUT2D eigenvalue weighted by Crippen LogP contribution is -2.48. The Balaban J connectivity index is 1.91. The SMILES string of the molecule is CC[C@H](C)NC(=O)C1(Cc2cccc(-c3cc(F)ccc3OC)c2)CCOCC1.